The van der Waals surface area contributed by atoms with Gasteiger partial charge < -0.3 is 5.11 Å². The zero-order chi connectivity index (χ0) is 11.5. The van der Waals surface area contributed by atoms with Crippen LogP contribution >= 0.6 is 27.3 Å². The lowest BCUT2D eigenvalue weighted by molar-refractivity contribution is 0.177. The summed E-state index contributed by atoms with van der Waals surface area (Å²) >= 11 is 5.01. The van der Waals surface area contributed by atoms with Crippen molar-refractivity contribution in [2.45, 2.75) is 19.4 Å². The summed E-state index contributed by atoms with van der Waals surface area (Å²) in [5.74, 6) is 0. The molecule has 2 aromatic rings. The average molecular weight is 298 g/mol. The van der Waals surface area contributed by atoms with E-state index in [4.69, 9.17) is 0 Å². The third kappa shape index (κ3) is 2.90. The number of rotatable bonds is 3. The van der Waals surface area contributed by atoms with E-state index in [2.05, 4.69) is 20.9 Å². The number of aliphatic hydroxyl groups excluding tert-OH is 1. The standard InChI is InChI=1S/C12H12BrNOS/c1-8-14-11(7-16-8)6-12(15)9-3-2-4-10(13)5-9/h2-5,7,12,15H,6H2,1H3. The molecule has 0 aliphatic carbocycles. The highest BCUT2D eigenvalue weighted by Gasteiger charge is 2.10. The molecule has 0 saturated carbocycles. The van der Waals surface area contributed by atoms with Crippen molar-refractivity contribution in [3.8, 4) is 0 Å². The number of aryl methyl sites for hydroxylation is 1. The molecule has 4 heteroatoms. The Morgan fingerprint density at radius 2 is 2.31 bits per heavy atom. The molecule has 1 N–H and O–H groups in total. The van der Waals surface area contributed by atoms with Crippen LogP contribution < -0.4 is 0 Å². The maximum atomic E-state index is 10.1. The van der Waals surface area contributed by atoms with E-state index in [0.29, 0.717) is 6.42 Å². The highest BCUT2D eigenvalue weighted by atomic mass is 79.9. The number of nitrogens with zero attached hydrogens (tertiary/aromatic N) is 1. The molecule has 0 aliphatic heterocycles. The number of hydrogen-bond acceptors (Lipinski definition) is 3. The summed E-state index contributed by atoms with van der Waals surface area (Å²) < 4.78 is 0.985. The van der Waals surface area contributed by atoms with Gasteiger partial charge in [-0.3, -0.25) is 0 Å². The molecular formula is C12H12BrNOS. The second kappa shape index (κ2) is 5.08. The normalized spacial score (nSPS) is 12.7. The molecule has 0 fully saturated rings. The van der Waals surface area contributed by atoms with Crippen LogP contribution in [0.1, 0.15) is 22.4 Å². The van der Waals surface area contributed by atoms with Crippen LogP contribution in [-0.2, 0) is 6.42 Å². The van der Waals surface area contributed by atoms with Crippen molar-refractivity contribution in [1.82, 2.24) is 4.98 Å². The van der Waals surface area contributed by atoms with Crippen LogP contribution in [0.25, 0.3) is 0 Å². The summed E-state index contributed by atoms with van der Waals surface area (Å²) in [5.41, 5.74) is 1.87. The minimum atomic E-state index is -0.487. The summed E-state index contributed by atoms with van der Waals surface area (Å²) in [6.07, 6.45) is 0.0832. The molecule has 84 valence electrons. The lowest BCUT2D eigenvalue weighted by Gasteiger charge is -2.09. The van der Waals surface area contributed by atoms with Crippen LogP contribution in [0.4, 0.5) is 0 Å². The van der Waals surface area contributed by atoms with E-state index in [1.165, 1.54) is 0 Å². The third-order valence-electron chi connectivity index (χ3n) is 2.30. The SMILES string of the molecule is Cc1nc(CC(O)c2cccc(Br)c2)cs1. The third-order valence-corrected chi connectivity index (χ3v) is 3.62. The van der Waals surface area contributed by atoms with Gasteiger partial charge >= 0.3 is 0 Å². The van der Waals surface area contributed by atoms with E-state index < -0.39 is 6.10 Å². The maximum absolute atomic E-state index is 10.1. The number of benzene rings is 1. The van der Waals surface area contributed by atoms with Gasteiger partial charge in [-0.05, 0) is 24.6 Å². The van der Waals surface area contributed by atoms with Crippen LogP contribution in [0.2, 0.25) is 0 Å². The second-order valence-corrected chi connectivity index (χ2v) is 5.61. The molecule has 1 aromatic carbocycles. The van der Waals surface area contributed by atoms with Gasteiger partial charge in [-0.25, -0.2) is 4.98 Å². The molecule has 2 rings (SSSR count). The molecule has 16 heavy (non-hydrogen) atoms. The van der Waals surface area contributed by atoms with E-state index in [1.54, 1.807) is 11.3 Å². The average Bonchev–Trinajstić information content (AvgIpc) is 2.64. The molecule has 0 spiro atoms. The van der Waals surface area contributed by atoms with Crippen LogP contribution in [0.3, 0.4) is 0 Å². The van der Waals surface area contributed by atoms with Crippen molar-refractivity contribution >= 4 is 27.3 Å². The largest absolute Gasteiger partial charge is 0.388 e. The molecule has 1 atom stereocenters. The number of aromatic nitrogens is 1. The molecule has 0 bridgehead atoms. The molecule has 1 aromatic heterocycles. The number of halogens is 1. The van der Waals surface area contributed by atoms with Gasteiger partial charge in [0, 0.05) is 16.3 Å². The first-order valence-electron chi connectivity index (χ1n) is 4.99. The first-order chi connectivity index (χ1) is 7.65. The monoisotopic (exact) mass is 297 g/mol. The fraction of sp³-hybridized carbons (Fsp3) is 0.250. The quantitative estimate of drug-likeness (QED) is 0.941. The van der Waals surface area contributed by atoms with Gasteiger partial charge in [0.15, 0.2) is 0 Å². The number of aliphatic hydroxyl groups is 1. The van der Waals surface area contributed by atoms with E-state index in [1.807, 2.05) is 36.6 Å². The minimum Gasteiger partial charge on any atom is -0.388 e. The highest BCUT2D eigenvalue weighted by molar-refractivity contribution is 9.10. The van der Waals surface area contributed by atoms with Crippen LogP contribution in [0.5, 0.6) is 0 Å². The van der Waals surface area contributed by atoms with Crippen molar-refractivity contribution < 1.29 is 5.11 Å². The van der Waals surface area contributed by atoms with Crippen molar-refractivity contribution in [2.75, 3.05) is 0 Å². The summed E-state index contributed by atoms with van der Waals surface area (Å²) in [5, 5.41) is 13.1. The van der Waals surface area contributed by atoms with E-state index >= 15 is 0 Å². The zero-order valence-corrected chi connectivity index (χ0v) is 11.3. The molecule has 0 amide bonds. The van der Waals surface area contributed by atoms with Crippen LogP contribution in [0.15, 0.2) is 34.1 Å². The Kier molecular flexibility index (Phi) is 3.74. The van der Waals surface area contributed by atoms with Crippen molar-refractivity contribution in [2.24, 2.45) is 0 Å². The van der Waals surface area contributed by atoms with Gasteiger partial charge in [0.2, 0.25) is 0 Å². The second-order valence-electron chi connectivity index (χ2n) is 3.63. The molecule has 0 radical (unpaired) electrons. The van der Waals surface area contributed by atoms with Crippen LogP contribution in [-0.4, -0.2) is 10.1 Å². The number of hydrogen-bond donors (Lipinski definition) is 1. The fourth-order valence-corrected chi connectivity index (χ4v) is 2.57. The fourth-order valence-electron chi connectivity index (χ4n) is 1.53. The first-order valence-corrected chi connectivity index (χ1v) is 6.67. The predicted molar refractivity (Wildman–Crippen MR) is 69.7 cm³/mol. The maximum Gasteiger partial charge on any atom is 0.0897 e. The molecule has 0 aliphatic rings. The van der Waals surface area contributed by atoms with Gasteiger partial charge in [-0.2, -0.15) is 0 Å². The van der Waals surface area contributed by atoms with Gasteiger partial charge in [0.25, 0.3) is 0 Å². The summed E-state index contributed by atoms with van der Waals surface area (Å²) in [6, 6.07) is 7.73. The molecule has 1 heterocycles. The Bertz CT molecular complexity index is 483. The Balaban J connectivity index is 2.11. The molecule has 1 unspecified atom stereocenters. The molecule has 0 saturated heterocycles. The molecular weight excluding hydrogens is 286 g/mol. The highest BCUT2D eigenvalue weighted by Crippen LogP contribution is 2.22. The Morgan fingerprint density at radius 1 is 1.50 bits per heavy atom. The summed E-state index contributed by atoms with van der Waals surface area (Å²) in [4.78, 5) is 4.35. The summed E-state index contributed by atoms with van der Waals surface area (Å²) in [6.45, 7) is 1.97. The smallest absolute Gasteiger partial charge is 0.0897 e. The Hall–Kier alpha value is -0.710. The topological polar surface area (TPSA) is 33.1 Å². The lowest BCUT2D eigenvalue weighted by Crippen LogP contribution is -2.02. The van der Waals surface area contributed by atoms with E-state index in [-0.39, 0.29) is 0 Å². The predicted octanol–water partition coefficient (Wildman–Crippen LogP) is 3.49. The first kappa shape index (κ1) is 11.8. The van der Waals surface area contributed by atoms with E-state index in [0.717, 1.165) is 20.7 Å². The lowest BCUT2D eigenvalue weighted by atomic mass is 10.1. The van der Waals surface area contributed by atoms with Crippen molar-refractivity contribution in [3.05, 3.63) is 50.4 Å². The zero-order valence-electron chi connectivity index (χ0n) is 8.85. The van der Waals surface area contributed by atoms with Crippen molar-refractivity contribution in [1.29, 1.82) is 0 Å². The minimum absolute atomic E-state index is 0.487. The molecule has 2 nitrogen and oxygen atoms in total. The van der Waals surface area contributed by atoms with Gasteiger partial charge in [0.05, 0.1) is 16.8 Å². The van der Waals surface area contributed by atoms with Crippen molar-refractivity contribution in [3.63, 3.8) is 0 Å². The van der Waals surface area contributed by atoms with Gasteiger partial charge in [-0.1, -0.05) is 28.1 Å². The van der Waals surface area contributed by atoms with Crippen LogP contribution in [0, 0.1) is 6.92 Å². The van der Waals surface area contributed by atoms with Gasteiger partial charge in [-0.15, -0.1) is 11.3 Å². The summed E-state index contributed by atoms with van der Waals surface area (Å²) in [7, 11) is 0. The Labute approximate surface area is 107 Å². The Morgan fingerprint density at radius 3 is 2.94 bits per heavy atom. The van der Waals surface area contributed by atoms with Gasteiger partial charge in [0.1, 0.15) is 0 Å². The van der Waals surface area contributed by atoms with E-state index in [9.17, 15) is 5.11 Å². The number of thiazole rings is 1.